The lowest BCUT2D eigenvalue weighted by atomic mass is 10.2. The van der Waals surface area contributed by atoms with Crippen molar-refractivity contribution < 1.29 is 9.53 Å². The van der Waals surface area contributed by atoms with E-state index in [0.29, 0.717) is 12.6 Å². The average molecular weight is 298 g/mol. The zero-order chi connectivity index (χ0) is 15.2. The zero-order valence-corrected chi connectivity index (χ0v) is 13.9. The van der Waals surface area contributed by atoms with Crippen molar-refractivity contribution in [2.24, 2.45) is 0 Å². The van der Waals surface area contributed by atoms with E-state index in [9.17, 15) is 4.79 Å². The van der Waals surface area contributed by atoms with Crippen molar-refractivity contribution in [2.45, 2.75) is 45.8 Å². The molecule has 20 heavy (non-hydrogen) atoms. The Morgan fingerprint density at radius 2 is 2.20 bits per heavy atom. The van der Waals surface area contributed by atoms with E-state index in [1.54, 1.807) is 23.3 Å². The topological polar surface area (TPSA) is 41.6 Å². The zero-order valence-electron chi connectivity index (χ0n) is 13.1. The first-order valence-electron chi connectivity index (χ1n) is 7.04. The number of carbonyl (C=O) groups excluding carboxylic acids is 1. The van der Waals surface area contributed by atoms with Gasteiger partial charge in [0.1, 0.15) is 5.60 Å². The van der Waals surface area contributed by atoms with E-state index in [1.165, 1.54) is 4.88 Å². The molecule has 0 saturated heterocycles. The molecule has 0 aliphatic carbocycles. The van der Waals surface area contributed by atoms with Gasteiger partial charge in [-0.05, 0) is 38.6 Å². The molecule has 0 saturated carbocycles. The summed E-state index contributed by atoms with van der Waals surface area (Å²) in [5, 5.41) is 5.57. The van der Waals surface area contributed by atoms with Gasteiger partial charge in [0.25, 0.3) is 0 Å². The fourth-order valence-corrected chi connectivity index (χ4v) is 2.66. The number of nitrogens with zero attached hydrogens (tertiary/aromatic N) is 1. The molecule has 4 nitrogen and oxygen atoms in total. The fourth-order valence-electron chi connectivity index (χ4n) is 1.77. The highest BCUT2D eigenvalue weighted by Gasteiger charge is 2.19. The van der Waals surface area contributed by atoms with Crippen molar-refractivity contribution in [3.8, 4) is 0 Å². The molecule has 0 spiro atoms. The summed E-state index contributed by atoms with van der Waals surface area (Å²) in [4.78, 5) is 14.8. The molecule has 0 aromatic carbocycles. The van der Waals surface area contributed by atoms with Gasteiger partial charge in [-0.25, -0.2) is 4.79 Å². The minimum atomic E-state index is -0.443. The first kappa shape index (κ1) is 17.0. The van der Waals surface area contributed by atoms with Crippen LogP contribution in [0.25, 0.3) is 0 Å². The van der Waals surface area contributed by atoms with Crippen molar-refractivity contribution in [2.75, 3.05) is 20.1 Å². The Morgan fingerprint density at radius 1 is 1.50 bits per heavy atom. The van der Waals surface area contributed by atoms with Gasteiger partial charge < -0.3 is 15.0 Å². The Hall–Kier alpha value is -1.07. The van der Waals surface area contributed by atoms with Crippen molar-refractivity contribution in [3.63, 3.8) is 0 Å². The second-order valence-corrected chi connectivity index (χ2v) is 6.81. The third-order valence-electron chi connectivity index (χ3n) is 2.84. The van der Waals surface area contributed by atoms with E-state index < -0.39 is 5.60 Å². The molecule has 5 heteroatoms. The number of hydrogen-bond donors (Lipinski definition) is 1. The lowest BCUT2D eigenvalue weighted by Crippen LogP contribution is -2.38. The number of rotatable bonds is 6. The van der Waals surface area contributed by atoms with Crippen molar-refractivity contribution >= 4 is 17.4 Å². The summed E-state index contributed by atoms with van der Waals surface area (Å²) >= 11 is 1.76. The maximum atomic E-state index is 11.8. The normalized spacial score (nSPS) is 13.1. The van der Waals surface area contributed by atoms with Gasteiger partial charge in [-0.2, -0.15) is 0 Å². The van der Waals surface area contributed by atoms with Gasteiger partial charge in [0.15, 0.2) is 0 Å². The van der Waals surface area contributed by atoms with E-state index in [4.69, 9.17) is 4.74 Å². The summed E-state index contributed by atoms with van der Waals surface area (Å²) in [5.74, 6) is 0. The molecular formula is C15H26N2O2S. The predicted molar refractivity (Wildman–Crippen MR) is 84.2 cm³/mol. The number of hydrogen-bond acceptors (Lipinski definition) is 4. The minimum Gasteiger partial charge on any atom is -0.444 e. The van der Waals surface area contributed by atoms with Crippen LogP contribution in [0.2, 0.25) is 0 Å². The van der Waals surface area contributed by atoms with Gasteiger partial charge in [-0.3, -0.25) is 0 Å². The Morgan fingerprint density at radius 3 is 2.70 bits per heavy atom. The maximum absolute atomic E-state index is 11.8. The van der Waals surface area contributed by atoms with Gasteiger partial charge >= 0.3 is 6.09 Å². The second kappa shape index (κ2) is 7.64. The van der Waals surface area contributed by atoms with Crippen LogP contribution in [0.15, 0.2) is 17.5 Å². The molecule has 1 heterocycles. The van der Waals surface area contributed by atoms with Crippen LogP contribution in [0.1, 0.15) is 45.0 Å². The van der Waals surface area contributed by atoms with Gasteiger partial charge in [0.2, 0.25) is 0 Å². The molecule has 114 valence electrons. The van der Waals surface area contributed by atoms with Gasteiger partial charge in [0, 0.05) is 31.1 Å². The lowest BCUT2D eigenvalue weighted by Gasteiger charge is -2.25. The monoisotopic (exact) mass is 298 g/mol. The fraction of sp³-hybridized carbons (Fsp3) is 0.667. The predicted octanol–water partition coefficient (Wildman–Crippen LogP) is 3.66. The molecule has 1 aromatic heterocycles. The molecule has 1 atom stereocenters. The molecule has 0 radical (unpaired) electrons. The van der Waals surface area contributed by atoms with Crippen molar-refractivity contribution in [1.29, 1.82) is 0 Å². The second-order valence-electron chi connectivity index (χ2n) is 5.83. The Labute approximate surface area is 126 Å². The molecule has 0 aliphatic rings. The molecule has 1 rings (SSSR count). The highest BCUT2D eigenvalue weighted by atomic mass is 32.1. The first-order valence-corrected chi connectivity index (χ1v) is 7.92. The lowest BCUT2D eigenvalue weighted by molar-refractivity contribution is 0.0299. The van der Waals surface area contributed by atoms with Crippen LogP contribution in [-0.2, 0) is 4.74 Å². The number of nitrogens with one attached hydrogen (secondary N) is 1. The summed E-state index contributed by atoms with van der Waals surface area (Å²) in [6, 6.07) is 4.57. The molecular weight excluding hydrogens is 272 g/mol. The Kier molecular flexibility index (Phi) is 6.49. The van der Waals surface area contributed by atoms with Crippen LogP contribution < -0.4 is 5.32 Å². The van der Waals surface area contributed by atoms with Gasteiger partial charge in [0.05, 0.1) is 0 Å². The number of likely N-dealkylation sites (N-methyl/N-ethyl adjacent to an activating group) is 1. The molecule has 1 amide bonds. The summed E-state index contributed by atoms with van der Waals surface area (Å²) in [6.45, 7) is 9.18. The maximum Gasteiger partial charge on any atom is 0.410 e. The summed E-state index contributed by atoms with van der Waals surface area (Å²) in [5.41, 5.74) is -0.443. The van der Waals surface area contributed by atoms with Crippen molar-refractivity contribution in [3.05, 3.63) is 22.4 Å². The molecule has 1 unspecified atom stereocenters. The number of thiophene rings is 1. The first-order chi connectivity index (χ1) is 9.33. The van der Waals surface area contributed by atoms with Crippen LogP contribution in [0.3, 0.4) is 0 Å². The average Bonchev–Trinajstić information content (AvgIpc) is 2.85. The molecule has 0 bridgehead atoms. The highest BCUT2D eigenvalue weighted by molar-refractivity contribution is 7.10. The van der Waals surface area contributed by atoms with Crippen molar-refractivity contribution in [1.82, 2.24) is 10.2 Å². The smallest absolute Gasteiger partial charge is 0.410 e. The van der Waals surface area contributed by atoms with E-state index >= 15 is 0 Å². The van der Waals surface area contributed by atoms with Gasteiger partial charge in [-0.15, -0.1) is 11.3 Å². The third-order valence-corrected chi connectivity index (χ3v) is 3.82. The SMILES string of the molecule is CCC(NCCN(C)C(=O)OC(C)(C)C)c1cccs1. The molecule has 0 fully saturated rings. The van der Waals surface area contributed by atoms with Crippen LogP contribution in [0.5, 0.6) is 0 Å². The van der Waals surface area contributed by atoms with Gasteiger partial charge in [-0.1, -0.05) is 13.0 Å². The van der Waals surface area contributed by atoms with Crippen LogP contribution >= 0.6 is 11.3 Å². The summed E-state index contributed by atoms with van der Waals surface area (Å²) in [6.07, 6.45) is 0.764. The number of ether oxygens (including phenoxy) is 1. The largest absolute Gasteiger partial charge is 0.444 e. The van der Waals surface area contributed by atoms with Crippen LogP contribution in [0, 0.1) is 0 Å². The van der Waals surface area contributed by atoms with E-state index in [-0.39, 0.29) is 6.09 Å². The van der Waals surface area contributed by atoms with Crippen LogP contribution in [0.4, 0.5) is 4.79 Å². The third kappa shape index (κ3) is 5.92. The summed E-state index contributed by atoms with van der Waals surface area (Å²) in [7, 11) is 1.77. The standard InChI is InChI=1S/C15H26N2O2S/c1-6-12(13-8-7-11-20-13)16-9-10-17(5)14(18)19-15(2,3)4/h7-8,11-12,16H,6,9-10H2,1-5H3. The number of carbonyl (C=O) groups is 1. The summed E-state index contributed by atoms with van der Waals surface area (Å²) < 4.78 is 5.32. The van der Waals surface area contributed by atoms with E-state index in [1.807, 2.05) is 20.8 Å². The minimum absolute atomic E-state index is 0.275. The molecule has 1 N–H and O–H groups in total. The Bertz CT molecular complexity index is 399. The van der Waals surface area contributed by atoms with E-state index in [0.717, 1.165) is 13.0 Å². The highest BCUT2D eigenvalue weighted by Crippen LogP contribution is 2.21. The molecule has 0 aliphatic heterocycles. The molecule has 1 aromatic rings. The number of amides is 1. The van der Waals surface area contributed by atoms with E-state index in [2.05, 4.69) is 29.8 Å². The Balaban J connectivity index is 2.34. The quantitative estimate of drug-likeness (QED) is 0.871. The van der Waals surface area contributed by atoms with Crippen LogP contribution in [-0.4, -0.2) is 36.7 Å².